The summed E-state index contributed by atoms with van der Waals surface area (Å²) in [5.74, 6) is 5.75. The molecule has 0 saturated heterocycles. The lowest BCUT2D eigenvalue weighted by atomic mass is 9.99. The number of hydrogen-bond acceptors (Lipinski definition) is 3. The van der Waals surface area contributed by atoms with Gasteiger partial charge in [0.15, 0.2) is 0 Å². The van der Waals surface area contributed by atoms with E-state index in [0.717, 1.165) is 24.2 Å². The number of aryl methyl sites for hydroxylation is 4. The van der Waals surface area contributed by atoms with Gasteiger partial charge in [-0.2, -0.15) is 5.10 Å². The Hall–Kier alpha value is -1.65. The molecule has 3 N–H and O–H groups in total. The van der Waals surface area contributed by atoms with Gasteiger partial charge < -0.3 is 0 Å². The van der Waals surface area contributed by atoms with Crippen molar-refractivity contribution >= 4 is 0 Å². The average Bonchev–Trinajstić information content (AvgIpc) is 2.81. The van der Waals surface area contributed by atoms with Gasteiger partial charge in [0.2, 0.25) is 0 Å². The molecule has 0 amide bonds. The first-order chi connectivity index (χ1) is 9.55. The maximum atomic E-state index is 5.75. The smallest absolute Gasteiger partial charge is 0.0669 e. The molecule has 4 nitrogen and oxygen atoms in total. The lowest BCUT2D eigenvalue weighted by Gasteiger charge is -2.17. The molecule has 20 heavy (non-hydrogen) atoms. The fourth-order valence-corrected chi connectivity index (χ4v) is 2.46. The van der Waals surface area contributed by atoms with Crippen LogP contribution in [0.5, 0.6) is 0 Å². The Bertz CT molecular complexity index is 586. The molecule has 2 aromatic rings. The van der Waals surface area contributed by atoms with Gasteiger partial charge >= 0.3 is 0 Å². The Morgan fingerprint density at radius 1 is 1.25 bits per heavy atom. The summed E-state index contributed by atoms with van der Waals surface area (Å²) < 4.78 is 1.92. The Kier molecular flexibility index (Phi) is 4.57. The molecular weight excluding hydrogens is 248 g/mol. The molecule has 1 aromatic heterocycles. The maximum Gasteiger partial charge on any atom is 0.0669 e. The Balaban J connectivity index is 2.23. The van der Waals surface area contributed by atoms with Gasteiger partial charge in [0, 0.05) is 7.05 Å². The van der Waals surface area contributed by atoms with Crippen molar-refractivity contribution in [3.05, 3.63) is 52.3 Å². The topological polar surface area (TPSA) is 55.9 Å². The molecule has 0 aliphatic heterocycles. The van der Waals surface area contributed by atoms with Gasteiger partial charge in [0.25, 0.3) is 0 Å². The molecule has 2 rings (SSSR count). The minimum absolute atomic E-state index is 0.0786. The monoisotopic (exact) mass is 272 g/mol. The predicted octanol–water partition coefficient (Wildman–Crippen LogP) is 2.35. The molecule has 108 valence electrons. The van der Waals surface area contributed by atoms with Crippen molar-refractivity contribution in [3.63, 3.8) is 0 Å². The van der Waals surface area contributed by atoms with Crippen LogP contribution in [-0.2, 0) is 19.9 Å². The molecule has 1 aromatic carbocycles. The lowest BCUT2D eigenvalue weighted by molar-refractivity contribution is 0.508. The number of benzene rings is 1. The third kappa shape index (κ3) is 3.08. The Morgan fingerprint density at radius 2 is 2.00 bits per heavy atom. The summed E-state index contributed by atoms with van der Waals surface area (Å²) in [6.45, 7) is 6.38. The summed E-state index contributed by atoms with van der Waals surface area (Å²) in [4.78, 5) is 0. The molecule has 0 fully saturated rings. The molecule has 1 atom stereocenters. The zero-order valence-electron chi connectivity index (χ0n) is 12.8. The van der Waals surface area contributed by atoms with E-state index >= 15 is 0 Å². The Morgan fingerprint density at radius 3 is 2.55 bits per heavy atom. The van der Waals surface area contributed by atoms with Crippen LogP contribution in [0.2, 0.25) is 0 Å². The first kappa shape index (κ1) is 14.8. The van der Waals surface area contributed by atoms with E-state index in [1.165, 1.54) is 16.7 Å². The van der Waals surface area contributed by atoms with E-state index < -0.39 is 0 Å². The second-order valence-corrected chi connectivity index (χ2v) is 5.38. The molecule has 4 heteroatoms. The molecular formula is C16H24N4. The van der Waals surface area contributed by atoms with Crippen LogP contribution in [0.3, 0.4) is 0 Å². The van der Waals surface area contributed by atoms with E-state index in [9.17, 15) is 0 Å². The third-order valence-corrected chi connectivity index (χ3v) is 3.90. The van der Waals surface area contributed by atoms with Crippen LogP contribution in [0.1, 0.15) is 41.0 Å². The van der Waals surface area contributed by atoms with Crippen LogP contribution >= 0.6 is 0 Å². The van der Waals surface area contributed by atoms with Crippen molar-refractivity contribution in [3.8, 4) is 0 Å². The molecule has 1 unspecified atom stereocenters. The fourth-order valence-electron chi connectivity index (χ4n) is 2.46. The summed E-state index contributed by atoms with van der Waals surface area (Å²) in [6, 6.07) is 8.78. The van der Waals surface area contributed by atoms with E-state index in [-0.39, 0.29) is 6.04 Å². The quantitative estimate of drug-likeness (QED) is 0.649. The summed E-state index contributed by atoms with van der Waals surface area (Å²) in [6.07, 6.45) is 1.80. The standard InChI is InChI=1S/C16H24N4/c1-5-14-10-16(20(4)19-14)15(18-17)9-13-7-6-11(2)12(3)8-13/h6-8,10,15,18H,5,9,17H2,1-4H3. The van der Waals surface area contributed by atoms with Crippen LogP contribution in [0.4, 0.5) is 0 Å². The summed E-state index contributed by atoms with van der Waals surface area (Å²) in [7, 11) is 1.97. The first-order valence-electron chi connectivity index (χ1n) is 7.10. The molecule has 0 spiro atoms. The molecule has 1 heterocycles. The van der Waals surface area contributed by atoms with Crippen molar-refractivity contribution in [2.45, 2.75) is 39.7 Å². The molecule has 0 saturated carbocycles. The number of nitrogens with zero attached hydrogens (tertiary/aromatic N) is 2. The van der Waals surface area contributed by atoms with Crippen LogP contribution < -0.4 is 11.3 Å². The van der Waals surface area contributed by atoms with E-state index in [1.54, 1.807) is 0 Å². The largest absolute Gasteiger partial charge is 0.271 e. The fraction of sp³-hybridized carbons (Fsp3) is 0.438. The normalized spacial score (nSPS) is 12.7. The van der Waals surface area contributed by atoms with Crippen LogP contribution in [0.25, 0.3) is 0 Å². The van der Waals surface area contributed by atoms with Crippen LogP contribution in [0.15, 0.2) is 24.3 Å². The first-order valence-corrected chi connectivity index (χ1v) is 7.10. The SMILES string of the molecule is CCc1cc(C(Cc2ccc(C)c(C)c2)NN)n(C)n1. The Labute approximate surface area is 121 Å². The van der Waals surface area contributed by atoms with Crippen LogP contribution in [-0.4, -0.2) is 9.78 Å². The van der Waals surface area contributed by atoms with Gasteiger partial charge in [-0.15, -0.1) is 0 Å². The second kappa shape index (κ2) is 6.20. The minimum atomic E-state index is 0.0786. The van der Waals surface area contributed by atoms with Crippen molar-refractivity contribution in [2.24, 2.45) is 12.9 Å². The third-order valence-electron chi connectivity index (χ3n) is 3.90. The molecule has 0 aliphatic rings. The number of hydrogen-bond donors (Lipinski definition) is 2. The van der Waals surface area contributed by atoms with E-state index in [4.69, 9.17) is 5.84 Å². The van der Waals surface area contributed by atoms with Gasteiger partial charge in [-0.1, -0.05) is 25.1 Å². The summed E-state index contributed by atoms with van der Waals surface area (Å²) in [5.41, 5.74) is 9.07. The number of nitrogens with two attached hydrogens (primary N) is 1. The molecule has 0 radical (unpaired) electrons. The lowest BCUT2D eigenvalue weighted by Crippen LogP contribution is -2.31. The van der Waals surface area contributed by atoms with E-state index in [2.05, 4.69) is 55.6 Å². The summed E-state index contributed by atoms with van der Waals surface area (Å²) in [5, 5.41) is 4.49. The van der Waals surface area contributed by atoms with E-state index in [1.807, 2.05) is 11.7 Å². The maximum absolute atomic E-state index is 5.75. The average molecular weight is 272 g/mol. The highest BCUT2D eigenvalue weighted by Crippen LogP contribution is 2.20. The highest BCUT2D eigenvalue weighted by atomic mass is 15.3. The highest BCUT2D eigenvalue weighted by Gasteiger charge is 2.16. The number of nitrogens with one attached hydrogen (secondary N) is 1. The van der Waals surface area contributed by atoms with Crippen molar-refractivity contribution in [1.29, 1.82) is 0 Å². The second-order valence-electron chi connectivity index (χ2n) is 5.38. The zero-order valence-corrected chi connectivity index (χ0v) is 12.8. The van der Waals surface area contributed by atoms with Crippen molar-refractivity contribution < 1.29 is 0 Å². The van der Waals surface area contributed by atoms with E-state index in [0.29, 0.717) is 0 Å². The van der Waals surface area contributed by atoms with Gasteiger partial charge in [-0.3, -0.25) is 16.0 Å². The van der Waals surface area contributed by atoms with Gasteiger partial charge in [-0.25, -0.2) is 0 Å². The van der Waals surface area contributed by atoms with Gasteiger partial charge in [0.1, 0.15) is 0 Å². The number of rotatable bonds is 5. The van der Waals surface area contributed by atoms with Gasteiger partial charge in [0.05, 0.1) is 17.4 Å². The van der Waals surface area contributed by atoms with Crippen LogP contribution in [0, 0.1) is 13.8 Å². The molecule has 0 aliphatic carbocycles. The number of aromatic nitrogens is 2. The van der Waals surface area contributed by atoms with Crippen molar-refractivity contribution in [2.75, 3.05) is 0 Å². The van der Waals surface area contributed by atoms with Crippen molar-refractivity contribution in [1.82, 2.24) is 15.2 Å². The number of hydrazine groups is 1. The predicted molar refractivity (Wildman–Crippen MR) is 82.3 cm³/mol. The molecule has 0 bridgehead atoms. The van der Waals surface area contributed by atoms with Gasteiger partial charge in [-0.05, 0) is 49.4 Å². The zero-order chi connectivity index (χ0) is 14.7. The highest BCUT2D eigenvalue weighted by molar-refractivity contribution is 5.31. The minimum Gasteiger partial charge on any atom is -0.271 e. The summed E-state index contributed by atoms with van der Waals surface area (Å²) >= 11 is 0.